The van der Waals surface area contributed by atoms with Gasteiger partial charge in [0, 0.05) is 36.4 Å². The monoisotopic (exact) mass is 407 g/mol. The van der Waals surface area contributed by atoms with Crippen LogP contribution in [-0.2, 0) is 6.42 Å². The van der Waals surface area contributed by atoms with Crippen LogP contribution in [0.5, 0.6) is 11.5 Å². The van der Waals surface area contributed by atoms with Crippen LogP contribution in [0.3, 0.4) is 0 Å². The lowest BCUT2D eigenvalue weighted by molar-refractivity contribution is 0.0925. The molecule has 30 heavy (non-hydrogen) atoms. The number of hydrogen-bond donors (Lipinski definition) is 1. The molecular weight excluding hydrogens is 381 g/mol. The number of rotatable bonds is 6. The smallest absolute Gasteiger partial charge is 0.171 e. The molecule has 1 atom stereocenters. The number of fused-ring (bicyclic) bond motifs is 4. The number of nitrogens with one attached hydrogen (secondary N) is 1. The van der Waals surface area contributed by atoms with Crippen LogP contribution >= 0.6 is 0 Å². The number of pyridine rings is 1. The molecule has 0 spiro atoms. The molecule has 0 fully saturated rings. The van der Waals surface area contributed by atoms with Gasteiger partial charge in [-0.05, 0) is 74.3 Å². The van der Waals surface area contributed by atoms with Crippen molar-refractivity contribution in [2.24, 2.45) is 0 Å². The molecule has 2 aliphatic rings. The summed E-state index contributed by atoms with van der Waals surface area (Å²) >= 11 is 0. The molecule has 6 heteroatoms. The standard InChI is InChI=1S/C24H26FN3O2/c1-16-3-5-20-21(27-16)6-8-23-24(20)30-19(15-29-23)14-26-10-2-11-28-12-9-17-13-18(25)4-7-22(17)28/h3-8,13,19,26H,2,9-12,14-15H2,1H3. The minimum atomic E-state index is -0.146. The second kappa shape index (κ2) is 8.11. The largest absolute Gasteiger partial charge is 0.486 e. The molecular formula is C24H26FN3O2. The summed E-state index contributed by atoms with van der Waals surface area (Å²) in [6.07, 6.45) is 1.92. The Hall–Kier alpha value is -2.86. The number of anilines is 1. The molecule has 1 unspecified atom stereocenters. The van der Waals surface area contributed by atoms with Crippen LogP contribution in [0.2, 0.25) is 0 Å². The Balaban J connectivity index is 1.12. The summed E-state index contributed by atoms with van der Waals surface area (Å²) in [7, 11) is 0. The maximum atomic E-state index is 13.4. The van der Waals surface area contributed by atoms with Crippen LogP contribution < -0.4 is 19.7 Å². The van der Waals surface area contributed by atoms with Gasteiger partial charge in [0.2, 0.25) is 0 Å². The molecule has 2 aliphatic heterocycles. The molecule has 3 aromatic rings. The summed E-state index contributed by atoms with van der Waals surface area (Å²) in [5, 5.41) is 4.49. The number of aryl methyl sites for hydroxylation is 1. The summed E-state index contributed by atoms with van der Waals surface area (Å²) < 4.78 is 25.5. The molecule has 0 saturated heterocycles. The first-order chi connectivity index (χ1) is 14.7. The average molecular weight is 407 g/mol. The third-order valence-electron chi connectivity index (χ3n) is 5.82. The highest BCUT2D eigenvalue weighted by molar-refractivity contribution is 5.88. The summed E-state index contributed by atoms with van der Waals surface area (Å²) in [6.45, 7) is 6.09. The third-order valence-corrected chi connectivity index (χ3v) is 5.82. The Morgan fingerprint density at radius 2 is 2.13 bits per heavy atom. The van der Waals surface area contributed by atoms with Gasteiger partial charge in [-0.2, -0.15) is 0 Å². The Bertz CT molecular complexity index is 1070. The van der Waals surface area contributed by atoms with E-state index in [-0.39, 0.29) is 11.9 Å². The lowest BCUT2D eigenvalue weighted by atomic mass is 10.1. The van der Waals surface area contributed by atoms with E-state index >= 15 is 0 Å². The SMILES string of the molecule is Cc1ccc2c3c(ccc2n1)OCC(CNCCCN1CCc2cc(F)ccc21)O3. The van der Waals surface area contributed by atoms with E-state index in [0.29, 0.717) is 6.61 Å². The van der Waals surface area contributed by atoms with E-state index in [4.69, 9.17) is 9.47 Å². The maximum absolute atomic E-state index is 13.4. The van der Waals surface area contributed by atoms with Gasteiger partial charge in [-0.3, -0.25) is 4.98 Å². The van der Waals surface area contributed by atoms with Gasteiger partial charge < -0.3 is 19.7 Å². The summed E-state index contributed by atoms with van der Waals surface area (Å²) in [5.41, 5.74) is 4.21. The molecule has 0 radical (unpaired) electrons. The topological polar surface area (TPSA) is 46.6 Å². The zero-order valence-electron chi connectivity index (χ0n) is 17.2. The van der Waals surface area contributed by atoms with Crippen molar-refractivity contribution in [3.63, 3.8) is 0 Å². The highest BCUT2D eigenvalue weighted by Crippen LogP contribution is 2.38. The summed E-state index contributed by atoms with van der Waals surface area (Å²) in [6, 6.07) is 13.1. The van der Waals surface area contributed by atoms with Crippen molar-refractivity contribution in [2.75, 3.05) is 37.7 Å². The molecule has 0 amide bonds. The molecule has 0 bridgehead atoms. The van der Waals surface area contributed by atoms with Crippen LogP contribution in [-0.4, -0.2) is 43.9 Å². The van der Waals surface area contributed by atoms with Gasteiger partial charge >= 0.3 is 0 Å². The molecule has 156 valence electrons. The van der Waals surface area contributed by atoms with Crippen molar-refractivity contribution in [3.8, 4) is 11.5 Å². The van der Waals surface area contributed by atoms with E-state index in [1.54, 1.807) is 12.1 Å². The van der Waals surface area contributed by atoms with E-state index in [2.05, 4.69) is 21.3 Å². The predicted molar refractivity (Wildman–Crippen MR) is 116 cm³/mol. The molecule has 2 aromatic carbocycles. The molecule has 1 aromatic heterocycles. The molecule has 3 heterocycles. The number of halogens is 1. The lowest BCUT2D eigenvalue weighted by Gasteiger charge is -2.28. The number of ether oxygens (including phenoxy) is 2. The van der Waals surface area contributed by atoms with E-state index in [0.717, 1.165) is 72.7 Å². The molecule has 0 aliphatic carbocycles. The average Bonchev–Trinajstić information content (AvgIpc) is 3.15. The summed E-state index contributed by atoms with van der Waals surface area (Å²) in [5.74, 6) is 1.43. The number of benzene rings is 2. The van der Waals surface area contributed by atoms with Crippen LogP contribution in [0.15, 0.2) is 42.5 Å². The minimum absolute atomic E-state index is 0.0279. The highest BCUT2D eigenvalue weighted by Gasteiger charge is 2.23. The van der Waals surface area contributed by atoms with Crippen molar-refractivity contribution >= 4 is 16.6 Å². The van der Waals surface area contributed by atoms with Crippen LogP contribution in [0, 0.1) is 12.7 Å². The van der Waals surface area contributed by atoms with Gasteiger partial charge in [0.05, 0.1) is 5.52 Å². The van der Waals surface area contributed by atoms with Gasteiger partial charge in [0.15, 0.2) is 11.5 Å². The van der Waals surface area contributed by atoms with Crippen molar-refractivity contribution in [1.82, 2.24) is 10.3 Å². The quantitative estimate of drug-likeness (QED) is 0.629. The fourth-order valence-corrected chi connectivity index (χ4v) is 4.31. The first kappa shape index (κ1) is 19.1. The van der Waals surface area contributed by atoms with E-state index in [1.165, 1.54) is 5.69 Å². The van der Waals surface area contributed by atoms with Crippen LogP contribution in [0.1, 0.15) is 17.7 Å². The van der Waals surface area contributed by atoms with Crippen molar-refractivity contribution in [2.45, 2.75) is 25.9 Å². The van der Waals surface area contributed by atoms with Gasteiger partial charge in [0.25, 0.3) is 0 Å². The van der Waals surface area contributed by atoms with Gasteiger partial charge in [-0.15, -0.1) is 0 Å². The maximum Gasteiger partial charge on any atom is 0.171 e. The summed E-state index contributed by atoms with van der Waals surface area (Å²) in [4.78, 5) is 6.92. The molecule has 5 nitrogen and oxygen atoms in total. The molecule has 0 saturated carbocycles. The first-order valence-corrected chi connectivity index (χ1v) is 10.6. The number of hydrogen-bond acceptors (Lipinski definition) is 5. The van der Waals surface area contributed by atoms with Crippen molar-refractivity contribution in [1.29, 1.82) is 0 Å². The third kappa shape index (κ3) is 3.79. The Labute approximate surface area is 175 Å². The van der Waals surface area contributed by atoms with E-state index in [1.807, 2.05) is 31.2 Å². The zero-order chi connectivity index (χ0) is 20.5. The lowest BCUT2D eigenvalue weighted by Crippen LogP contribution is -2.39. The number of aromatic nitrogens is 1. The van der Waals surface area contributed by atoms with Crippen molar-refractivity contribution < 1.29 is 13.9 Å². The van der Waals surface area contributed by atoms with Gasteiger partial charge in [0.1, 0.15) is 18.5 Å². The predicted octanol–water partition coefficient (Wildman–Crippen LogP) is 3.86. The van der Waals surface area contributed by atoms with Gasteiger partial charge in [-0.1, -0.05) is 0 Å². The van der Waals surface area contributed by atoms with E-state index < -0.39 is 0 Å². The Morgan fingerprint density at radius 3 is 3.07 bits per heavy atom. The zero-order valence-corrected chi connectivity index (χ0v) is 17.2. The second-order valence-corrected chi connectivity index (χ2v) is 8.03. The second-order valence-electron chi connectivity index (χ2n) is 8.03. The van der Waals surface area contributed by atoms with Gasteiger partial charge in [-0.25, -0.2) is 4.39 Å². The first-order valence-electron chi connectivity index (χ1n) is 10.6. The number of nitrogens with zero attached hydrogens (tertiary/aromatic N) is 2. The van der Waals surface area contributed by atoms with Crippen LogP contribution in [0.25, 0.3) is 10.9 Å². The molecule has 1 N–H and O–H groups in total. The minimum Gasteiger partial charge on any atom is -0.486 e. The normalized spacial score (nSPS) is 17.4. The Kier molecular flexibility index (Phi) is 5.17. The molecule has 5 rings (SSSR count). The van der Waals surface area contributed by atoms with Crippen LogP contribution in [0.4, 0.5) is 10.1 Å². The fourth-order valence-electron chi connectivity index (χ4n) is 4.31. The Morgan fingerprint density at radius 1 is 1.20 bits per heavy atom. The fraction of sp³-hybridized carbons (Fsp3) is 0.375. The van der Waals surface area contributed by atoms with Crippen molar-refractivity contribution in [3.05, 3.63) is 59.5 Å². The van der Waals surface area contributed by atoms with E-state index in [9.17, 15) is 4.39 Å². The highest BCUT2D eigenvalue weighted by atomic mass is 19.1.